The van der Waals surface area contributed by atoms with Gasteiger partial charge in [0.25, 0.3) is 5.78 Å². The van der Waals surface area contributed by atoms with Crippen LogP contribution in [0.1, 0.15) is 6.92 Å². The fourth-order valence-electron chi connectivity index (χ4n) is 0.377. The van der Waals surface area contributed by atoms with E-state index in [0.717, 1.165) is 0 Å². The third-order valence-electron chi connectivity index (χ3n) is 0.810. The topological polar surface area (TPSA) is 50.1 Å². The zero-order valence-corrected chi connectivity index (χ0v) is 6.28. The van der Waals surface area contributed by atoms with Gasteiger partial charge in [0.1, 0.15) is 6.07 Å². The molecule has 0 aliphatic heterocycles. The molecule has 0 aliphatic rings. The Morgan fingerprint density at radius 3 is 2.91 bits per heavy atom. The molecule has 0 fully saturated rings. The second kappa shape index (κ2) is 6.56. The Morgan fingerprint density at radius 1 is 1.64 bits per heavy atom. The van der Waals surface area contributed by atoms with E-state index in [2.05, 4.69) is 0 Å². The van der Waals surface area contributed by atoms with Gasteiger partial charge in [0, 0.05) is 0 Å². The second-order valence-corrected chi connectivity index (χ2v) is 1.62. The van der Waals surface area contributed by atoms with E-state index in [0.29, 0.717) is 6.61 Å². The third-order valence-corrected chi connectivity index (χ3v) is 0.810. The van der Waals surface area contributed by atoms with Crippen LogP contribution < -0.4 is 0 Å². The lowest BCUT2D eigenvalue weighted by Crippen LogP contribution is -1.82. The largest absolute Gasteiger partial charge is 0.501 e. The second-order valence-electron chi connectivity index (χ2n) is 1.62. The predicted octanol–water partition coefficient (Wildman–Crippen LogP) is 1.19. The number of hydrogen-bond acceptors (Lipinski definition) is 3. The van der Waals surface area contributed by atoms with Crippen molar-refractivity contribution in [3.05, 3.63) is 24.5 Å². The van der Waals surface area contributed by atoms with Crippen molar-refractivity contribution in [2.75, 3.05) is 6.61 Å². The minimum Gasteiger partial charge on any atom is -0.501 e. The molecular weight excluding hydrogens is 142 g/mol. The number of ketones is 1. The van der Waals surface area contributed by atoms with Crippen molar-refractivity contribution in [3.8, 4) is 6.07 Å². The first-order chi connectivity index (χ1) is 5.31. The van der Waals surface area contributed by atoms with E-state index in [1.165, 1.54) is 24.5 Å². The van der Waals surface area contributed by atoms with Gasteiger partial charge in [-0.2, -0.15) is 5.26 Å². The van der Waals surface area contributed by atoms with Crippen LogP contribution in [0.5, 0.6) is 0 Å². The van der Waals surface area contributed by atoms with Crippen molar-refractivity contribution in [1.82, 2.24) is 0 Å². The molecule has 0 aromatic heterocycles. The van der Waals surface area contributed by atoms with Gasteiger partial charge in [-0.05, 0) is 19.1 Å². The van der Waals surface area contributed by atoms with Gasteiger partial charge in [0.15, 0.2) is 0 Å². The molecule has 0 saturated carbocycles. The lowest BCUT2D eigenvalue weighted by atomic mass is 10.4. The number of allylic oxidation sites excluding steroid dienone is 3. The van der Waals surface area contributed by atoms with Crippen LogP contribution in [-0.2, 0) is 9.53 Å². The molecule has 0 heterocycles. The standard InChI is InChI=1S/C8H9NO2/c1-2-11-6-4-3-5-8(10)7-9/h3-6H,2H2,1H3/b5-3+,6-4+. The number of hydrogen-bond donors (Lipinski definition) is 0. The molecule has 0 amide bonds. The molecule has 0 saturated heterocycles. The van der Waals surface area contributed by atoms with Crippen molar-refractivity contribution in [2.45, 2.75) is 6.92 Å². The molecule has 0 rings (SSSR count). The maximum Gasteiger partial charge on any atom is 0.255 e. The Balaban J connectivity index is 3.61. The third kappa shape index (κ3) is 6.32. The fourth-order valence-corrected chi connectivity index (χ4v) is 0.377. The molecule has 3 nitrogen and oxygen atoms in total. The minimum atomic E-state index is -0.564. The van der Waals surface area contributed by atoms with Crippen LogP contribution in [0.15, 0.2) is 24.5 Å². The average molecular weight is 151 g/mol. The minimum absolute atomic E-state index is 0.564. The lowest BCUT2D eigenvalue weighted by molar-refractivity contribution is -0.109. The molecule has 11 heavy (non-hydrogen) atoms. The summed E-state index contributed by atoms with van der Waals surface area (Å²) in [5, 5.41) is 8.03. The molecule has 0 bridgehead atoms. The van der Waals surface area contributed by atoms with Crippen molar-refractivity contribution in [1.29, 1.82) is 5.26 Å². The van der Waals surface area contributed by atoms with Crippen LogP contribution in [0, 0.1) is 11.3 Å². The quantitative estimate of drug-likeness (QED) is 0.262. The fraction of sp³-hybridized carbons (Fsp3) is 0.250. The predicted molar refractivity (Wildman–Crippen MR) is 40.5 cm³/mol. The highest BCUT2D eigenvalue weighted by atomic mass is 16.5. The summed E-state index contributed by atoms with van der Waals surface area (Å²) in [5.41, 5.74) is 0. The molecule has 0 unspecified atom stereocenters. The van der Waals surface area contributed by atoms with Crippen molar-refractivity contribution < 1.29 is 9.53 Å². The Bertz CT molecular complexity index is 211. The lowest BCUT2D eigenvalue weighted by Gasteiger charge is -1.87. The number of rotatable bonds is 4. The summed E-state index contributed by atoms with van der Waals surface area (Å²) in [6.45, 7) is 2.45. The molecule has 0 atom stereocenters. The first-order valence-electron chi connectivity index (χ1n) is 3.20. The van der Waals surface area contributed by atoms with Crippen LogP contribution >= 0.6 is 0 Å². The van der Waals surface area contributed by atoms with E-state index in [4.69, 9.17) is 10.00 Å². The molecular formula is C8H9NO2. The van der Waals surface area contributed by atoms with Crippen LogP contribution in [-0.4, -0.2) is 12.4 Å². The van der Waals surface area contributed by atoms with Gasteiger partial charge in [-0.1, -0.05) is 6.08 Å². The van der Waals surface area contributed by atoms with Gasteiger partial charge in [0.2, 0.25) is 0 Å². The molecule has 0 aliphatic carbocycles. The molecule has 3 heteroatoms. The van der Waals surface area contributed by atoms with Crippen molar-refractivity contribution in [3.63, 3.8) is 0 Å². The summed E-state index contributed by atoms with van der Waals surface area (Å²) in [5.74, 6) is -0.564. The van der Waals surface area contributed by atoms with Gasteiger partial charge >= 0.3 is 0 Å². The summed E-state index contributed by atoms with van der Waals surface area (Å²) < 4.78 is 4.82. The van der Waals surface area contributed by atoms with E-state index in [1.54, 1.807) is 6.08 Å². The van der Waals surface area contributed by atoms with Crippen molar-refractivity contribution >= 4 is 5.78 Å². The molecule has 0 aromatic carbocycles. The van der Waals surface area contributed by atoms with E-state index in [-0.39, 0.29) is 0 Å². The van der Waals surface area contributed by atoms with Crippen LogP contribution in [0.25, 0.3) is 0 Å². The first-order valence-corrected chi connectivity index (χ1v) is 3.20. The number of ether oxygens (including phenoxy) is 1. The van der Waals surface area contributed by atoms with E-state index >= 15 is 0 Å². The number of carbonyl (C=O) groups excluding carboxylic acids is 1. The highest BCUT2D eigenvalue weighted by Gasteiger charge is 1.85. The van der Waals surface area contributed by atoms with Crippen molar-refractivity contribution in [2.24, 2.45) is 0 Å². The molecule has 0 aromatic rings. The Kier molecular flexibility index (Phi) is 5.63. The van der Waals surface area contributed by atoms with Crippen LogP contribution in [0.4, 0.5) is 0 Å². The van der Waals surface area contributed by atoms with E-state index < -0.39 is 5.78 Å². The van der Waals surface area contributed by atoms with Gasteiger partial charge in [0.05, 0.1) is 12.9 Å². The van der Waals surface area contributed by atoms with Gasteiger partial charge in [-0.25, -0.2) is 0 Å². The number of nitriles is 1. The highest BCUT2D eigenvalue weighted by Crippen LogP contribution is 1.80. The Hall–Kier alpha value is -1.56. The molecule has 0 spiro atoms. The maximum atomic E-state index is 10.3. The molecule has 0 N–H and O–H groups in total. The smallest absolute Gasteiger partial charge is 0.255 e. The first kappa shape index (κ1) is 9.44. The van der Waals surface area contributed by atoms with Gasteiger partial charge in [-0.3, -0.25) is 4.79 Å². The van der Waals surface area contributed by atoms with Gasteiger partial charge in [-0.15, -0.1) is 0 Å². The average Bonchev–Trinajstić information content (AvgIpc) is 2.04. The maximum absolute atomic E-state index is 10.3. The molecule has 0 radical (unpaired) electrons. The van der Waals surface area contributed by atoms with E-state index in [9.17, 15) is 4.79 Å². The summed E-state index contributed by atoms with van der Waals surface area (Å²) in [4.78, 5) is 10.3. The number of carbonyl (C=O) groups is 1. The monoisotopic (exact) mass is 151 g/mol. The zero-order valence-electron chi connectivity index (χ0n) is 6.28. The summed E-state index contributed by atoms with van der Waals surface area (Å²) in [6.07, 6.45) is 5.65. The SMILES string of the molecule is CCO/C=C/C=C/C(=O)C#N. The number of nitrogens with zero attached hydrogens (tertiary/aromatic N) is 1. The Labute approximate surface area is 65.6 Å². The Morgan fingerprint density at radius 2 is 2.36 bits per heavy atom. The highest BCUT2D eigenvalue weighted by molar-refractivity contribution is 6.02. The van der Waals surface area contributed by atoms with Crippen LogP contribution in [0.2, 0.25) is 0 Å². The summed E-state index contributed by atoms with van der Waals surface area (Å²) in [7, 11) is 0. The van der Waals surface area contributed by atoms with E-state index in [1.807, 2.05) is 6.92 Å². The van der Waals surface area contributed by atoms with Gasteiger partial charge < -0.3 is 4.74 Å². The summed E-state index contributed by atoms with van der Waals surface area (Å²) in [6, 6.07) is 1.46. The molecule has 58 valence electrons. The zero-order chi connectivity index (χ0) is 8.53. The summed E-state index contributed by atoms with van der Waals surface area (Å²) >= 11 is 0. The normalized spacial score (nSPS) is 10.2. The van der Waals surface area contributed by atoms with Crippen LogP contribution in [0.3, 0.4) is 0 Å².